The Morgan fingerprint density at radius 1 is 1.29 bits per heavy atom. The van der Waals surface area contributed by atoms with Crippen LogP contribution in [0.2, 0.25) is 0 Å². The van der Waals surface area contributed by atoms with E-state index in [1.807, 2.05) is 0 Å². The van der Waals surface area contributed by atoms with Crippen molar-refractivity contribution >= 4 is 11.6 Å². The molecule has 0 N–H and O–H groups in total. The Labute approximate surface area is 49.9 Å². The van der Waals surface area contributed by atoms with Gasteiger partial charge in [0.25, 0.3) is 0 Å². The monoisotopic (exact) mass is 117 g/mol. The molecule has 0 saturated heterocycles. The van der Waals surface area contributed by atoms with Gasteiger partial charge in [-0.15, -0.1) is 11.6 Å². The van der Waals surface area contributed by atoms with Crippen molar-refractivity contribution in [3.05, 3.63) is 6.92 Å². The molecule has 1 fully saturated rings. The number of halogens is 1. The van der Waals surface area contributed by atoms with Gasteiger partial charge in [0.05, 0.1) is 0 Å². The van der Waals surface area contributed by atoms with E-state index in [0.717, 1.165) is 12.8 Å². The molecular weight excluding hydrogens is 108 g/mol. The summed E-state index contributed by atoms with van der Waals surface area (Å²) >= 11 is 5.86. The zero-order valence-electron chi connectivity index (χ0n) is 4.41. The minimum atomic E-state index is -0.0833. The molecule has 0 aromatic rings. The molecule has 0 bridgehead atoms. The van der Waals surface area contributed by atoms with Crippen molar-refractivity contribution in [3.8, 4) is 0 Å². The quantitative estimate of drug-likeness (QED) is 0.428. The van der Waals surface area contributed by atoms with Gasteiger partial charge in [-0.1, -0.05) is 12.8 Å². The van der Waals surface area contributed by atoms with Crippen molar-refractivity contribution in [1.29, 1.82) is 0 Å². The molecule has 0 aliphatic heterocycles. The molecule has 7 heavy (non-hydrogen) atoms. The van der Waals surface area contributed by atoms with Crippen molar-refractivity contribution in [2.45, 2.75) is 30.6 Å². The summed E-state index contributed by atoms with van der Waals surface area (Å²) in [6, 6.07) is 0. The number of hydrogen-bond acceptors (Lipinski definition) is 0. The SMILES string of the molecule is [CH2]C1(Cl)CCCC1. The van der Waals surface area contributed by atoms with Crippen LogP contribution in [0.5, 0.6) is 0 Å². The highest BCUT2D eigenvalue weighted by Crippen LogP contribution is 2.34. The van der Waals surface area contributed by atoms with Gasteiger partial charge in [0, 0.05) is 4.87 Å². The molecule has 0 unspecified atom stereocenters. The maximum absolute atomic E-state index is 5.86. The molecule has 0 heterocycles. The molecule has 0 aromatic heterocycles. The van der Waals surface area contributed by atoms with Crippen molar-refractivity contribution in [1.82, 2.24) is 0 Å². The second-order valence-corrected chi connectivity index (χ2v) is 3.16. The summed E-state index contributed by atoms with van der Waals surface area (Å²) in [5.41, 5.74) is 0. The van der Waals surface area contributed by atoms with E-state index in [2.05, 4.69) is 6.92 Å². The zero-order chi connectivity index (χ0) is 5.33. The van der Waals surface area contributed by atoms with Gasteiger partial charge < -0.3 is 0 Å². The molecule has 1 aliphatic rings. The highest BCUT2D eigenvalue weighted by Gasteiger charge is 2.24. The normalized spacial score (nSPS) is 28.3. The highest BCUT2D eigenvalue weighted by atomic mass is 35.5. The van der Waals surface area contributed by atoms with Gasteiger partial charge in [-0.2, -0.15) is 0 Å². The van der Waals surface area contributed by atoms with Gasteiger partial charge >= 0.3 is 0 Å². The molecule has 1 saturated carbocycles. The average molecular weight is 118 g/mol. The lowest BCUT2D eigenvalue weighted by atomic mass is 10.1. The molecule has 0 nitrogen and oxygen atoms in total. The van der Waals surface area contributed by atoms with Crippen LogP contribution in [0.25, 0.3) is 0 Å². The van der Waals surface area contributed by atoms with Gasteiger partial charge in [-0.25, -0.2) is 0 Å². The van der Waals surface area contributed by atoms with E-state index in [9.17, 15) is 0 Å². The zero-order valence-corrected chi connectivity index (χ0v) is 5.17. The Bertz CT molecular complexity index is 58.6. The first-order valence-electron chi connectivity index (χ1n) is 2.75. The molecule has 0 atom stereocenters. The first kappa shape index (κ1) is 5.43. The van der Waals surface area contributed by atoms with E-state index in [1.54, 1.807) is 0 Å². The molecule has 1 radical (unpaired) electrons. The standard InChI is InChI=1S/C6H10Cl/c1-6(7)4-2-3-5-6/h1-5H2. The number of hydrogen-bond donors (Lipinski definition) is 0. The van der Waals surface area contributed by atoms with E-state index in [-0.39, 0.29) is 4.87 Å². The Morgan fingerprint density at radius 3 is 1.86 bits per heavy atom. The summed E-state index contributed by atoms with van der Waals surface area (Å²) in [5, 5.41) is 0. The lowest BCUT2D eigenvalue weighted by Gasteiger charge is -2.10. The third-order valence-corrected chi connectivity index (χ3v) is 1.88. The van der Waals surface area contributed by atoms with Gasteiger partial charge in [-0.3, -0.25) is 0 Å². The van der Waals surface area contributed by atoms with E-state index >= 15 is 0 Å². The fourth-order valence-electron chi connectivity index (χ4n) is 1.01. The van der Waals surface area contributed by atoms with Crippen LogP contribution >= 0.6 is 11.6 Å². The van der Waals surface area contributed by atoms with Gasteiger partial charge in [-0.05, 0) is 19.8 Å². The molecule has 1 aliphatic carbocycles. The number of alkyl halides is 1. The van der Waals surface area contributed by atoms with Crippen LogP contribution in [0.3, 0.4) is 0 Å². The lowest BCUT2D eigenvalue weighted by Crippen LogP contribution is -2.08. The second kappa shape index (κ2) is 1.66. The molecule has 1 rings (SSSR count). The van der Waals surface area contributed by atoms with Crippen molar-refractivity contribution < 1.29 is 0 Å². The van der Waals surface area contributed by atoms with E-state index < -0.39 is 0 Å². The summed E-state index contributed by atoms with van der Waals surface area (Å²) < 4.78 is 0. The van der Waals surface area contributed by atoms with E-state index in [1.165, 1.54) is 12.8 Å². The Morgan fingerprint density at radius 2 is 1.71 bits per heavy atom. The molecular formula is C6H10Cl. The maximum Gasteiger partial charge on any atom is 0.0447 e. The van der Waals surface area contributed by atoms with Gasteiger partial charge in [0.15, 0.2) is 0 Å². The molecule has 0 aromatic carbocycles. The van der Waals surface area contributed by atoms with Crippen LogP contribution in [-0.2, 0) is 0 Å². The molecule has 1 heteroatoms. The minimum absolute atomic E-state index is 0.0833. The Balaban J connectivity index is 2.40. The summed E-state index contributed by atoms with van der Waals surface area (Å²) in [5.74, 6) is 0. The fraction of sp³-hybridized carbons (Fsp3) is 0.833. The molecule has 41 valence electrons. The van der Waals surface area contributed by atoms with Crippen LogP contribution in [0, 0.1) is 6.92 Å². The van der Waals surface area contributed by atoms with Crippen LogP contribution < -0.4 is 0 Å². The Kier molecular flexibility index (Phi) is 1.29. The van der Waals surface area contributed by atoms with Crippen molar-refractivity contribution in [2.24, 2.45) is 0 Å². The van der Waals surface area contributed by atoms with E-state index in [4.69, 9.17) is 11.6 Å². The predicted molar refractivity (Wildman–Crippen MR) is 32.4 cm³/mol. The summed E-state index contributed by atoms with van der Waals surface area (Å²) in [7, 11) is 0. The van der Waals surface area contributed by atoms with Crippen LogP contribution in [0.4, 0.5) is 0 Å². The van der Waals surface area contributed by atoms with Crippen molar-refractivity contribution in [2.75, 3.05) is 0 Å². The first-order chi connectivity index (χ1) is 3.21. The maximum atomic E-state index is 5.86. The van der Waals surface area contributed by atoms with E-state index in [0.29, 0.717) is 0 Å². The largest absolute Gasteiger partial charge is 0.119 e. The fourth-order valence-corrected chi connectivity index (χ4v) is 1.28. The summed E-state index contributed by atoms with van der Waals surface area (Å²) in [4.78, 5) is -0.0833. The van der Waals surface area contributed by atoms with Crippen LogP contribution in [-0.4, -0.2) is 4.87 Å². The Hall–Kier alpha value is 0.290. The summed E-state index contributed by atoms with van der Waals surface area (Å²) in [6.07, 6.45) is 4.75. The van der Waals surface area contributed by atoms with Gasteiger partial charge in [0.2, 0.25) is 0 Å². The number of rotatable bonds is 0. The smallest absolute Gasteiger partial charge is 0.0447 e. The second-order valence-electron chi connectivity index (χ2n) is 2.36. The lowest BCUT2D eigenvalue weighted by molar-refractivity contribution is 0.728. The highest BCUT2D eigenvalue weighted by molar-refractivity contribution is 6.24. The summed E-state index contributed by atoms with van der Waals surface area (Å²) in [6.45, 7) is 3.83. The topological polar surface area (TPSA) is 0 Å². The van der Waals surface area contributed by atoms with Gasteiger partial charge in [0.1, 0.15) is 0 Å². The predicted octanol–water partition coefficient (Wildman–Crippen LogP) is 2.37. The van der Waals surface area contributed by atoms with Crippen LogP contribution in [0.1, 0.15) is 25.7 Å². The average Bonchev–Trinajstić information content (AvgIpc) is 1.84. The minimum Gasteiger partial charge on any atom is -0.119 e. The first-order valence-corrected chi connectivity index (χ1v) is 3.13. The van der Waals surface area contributed by atoms with Crippen molar-refractivity contribution in [3.63, 3.8) is 0 Å². The molecule has 0 spiro atoms. The third-order valence-electron chi connectivity index (χ3n) is 1.50. The third kappa shape index (κ3) is 1.34. The molecule has 0 amide bonds. The van der Waals surface area contributed by atoms with Crippen LogP contribution in [0.15, 0.2) is 0 Å².